The summed E-state index contributed by atoms with van der Waals surface area (Å²) in [6, 6.07) is 0. The van der Waals surface area contributed by atoms with Crippen LogP contribution in [0.4, 0.5) is 0 Å². The first kappa shape index (κ1) is 9.24. The Kier molecular flexibility index (Phi) is 2.52. The molecule has 0 aliphatic heterocycles. The molecule has 4 nitrogen and oxygen atoms in total. The summed E-state index contributed by atoms with van der Waals surface area (Å²) in [4.78, 5) is 11.5. The first-order valence-electron chi connectivity index (χ1n) is 5.04. The number of amides is 1. The van der Waals surface area contributed by atoms with E-state index in [1.54, 1.807) is 6.20 Å². The summed E-state index contributed by atoms with van der Waals surface area (Å²) in [7, 11) is 0. The van der Waals surface area contributed by atoms with E-state index < -0.39 is 0 Å². The van der Waals surface area contributed by atoms with E-state index in [1.165, 1.54) is 6.42 Å². The second-order valence-electron chi connectivity index (χ2n) is 3.87. The molecule has 1 saturated carbocycles. The number of nitrogens with zero attached hydrogens (tertiary/aromatic N) is 1. The summed E-state index contributed by atoms with van der Waals surface area (Å²) in [5, 5.41) is 9.68. The standard InChI is InChI=1S/C10H15N3O/c1-7-9(6-12-13-7)5-11-10(14)8-3-2-4-8/h6,8H,2-5H2,1H3,(H,11,14)(H,12,13). The minimum absolute atomic E-state index is 0.192. The lowest BCUT2D eigenvalue weighted by Crippen LogP contribution is -2.34. The Hall–Kier alpha value is -1.32. The molecule has 2 N–H and O–H groups in total. The number of H-pyrrole nitrogens is 1. The average Bonchev–Trinajstić information content (AvgIpc) is 2.44. The van der Waals surface area contributed by atoms with Crippen molar-refractivity contribution in [2.24, 2.45) is 5.92 Å². The minimum atomic E-state index is 0.192. The molecule has 76 valence electrons. The molecule has 0 bridgehead atoms. The van der Waals surface area contributed by atoms with E-state index in [-0.39, 0.29) is 11.8 Å². The maximum Gasteiger partial charge on any atom is 0.223 e. The van der Waals surface area contributed by atoms with Gasteiger partial charge in [-0.15, -0.1) is 0 Å². The van der Waals surface area contributed by atoms with Gasteiger partial charge in [0.05, 0.1) is 6.20 Å². The van der Waals surface area contributed by atoms with Gasteiger partial charge in [0.15, 0.2) is 0 Å². The number of carbonyl (C=O) groups is 1. The Bertz CT molecular complexity index is 328. The molecule has 0 spiro atoms. The highest BCUT2D eigenvalue weighted by atomic mass is 16.1. The number of rotatable bonds is 3. The molecule has 4 heteroatoms. The van der Waals surface area contributed by atoms with Crippen molar-refractivity contribution in [2.45, 2.75) is 32.7 Å². The predicted octanol–water partition coefficient (Wildman–Crippen LogP) is 1.13. The first-order chi connectivity index (χ1) is 6.77. The van der Waals surface area contributed by atoms with Gasteiger partial charge in [-0.2, -0.15) is 5.10 Å². The van der Waals surface area contributed by atoms with Crippen molar-refractivity contribution < 1.29 is 4.79 Å². The van der Waals surface area contributed by atoms with E-state index in [0.29, 0.717) is 6.54 Å². The molecule has 0 saturated heterocycles. The Labute approximate surface area is 83.1 Å². The SMILES string of the molecule is Cc1[nH]ncc1CNC(=O)C1CCC1. The average molecular weight is 193 g/mol. The Morgan fingerprint density at radius 2 is 2.50 bits per heavy atom. The van der Waals surface area contributed by atoms with Gasteiger partial charge in [-0.25, -0.2) is 0 Å². The maximum absolute atomic E-state index is 11.5. The molecule has 0 atom stereocenters. The molecule has 0 aromatic carbocycles. The van der Waals surface area contributed by atoms with Crippen LogP contribution < -0.4 is 5.32 Å². The molecule has 2 rings (SSSR count). The van der Waals surface area contributed by atoms with Crippen LogP contribution in [-0.2, 0) is 11.3 Å². The Balaban J connectivity index is 1.82. The number of nitrogens with one attached hydrogen (secondary N) is 2. The van der Waals surface area contributed by atoms with Crippen LogP contribution in [0.25, 0.3) is 0 Å². The van der Waals surface area contributed by atoms with Crippen LogP contribution in [0.3, 0.4) is 0 Å². The van der Waals surface area contributed by atoms with Gasteiger partial charge < -0.3 is 5.32 Å². The van der Waals surface area contributed by atoms with E-state index in [1.807, 2.05) is 6.92 Å². The Morgan fingerprint density at radius 3 is 3.00 bits per heavy atom. The number of carbonyl (C=O) groups excluding carboxylic acids is 1. The predicted molar refractivity (Wildman–Crippen MR) is 52.5 cm³/mol. The molecule has 1 fully saturated rings. The highest BCUT2D eigenvalue weighted by Crippen LogP contribution is 2.26. The fourth-order valence-corrected chi connectivity index (χ4v) is 1.55. The lowest BCUT2D eigenvalue weighted by atomic mass is 9.85. The van der Waals surface area contributed by atoms with Crippen LogP contribution in [0.15, 0.2) is 6.20 Å². The van der Waals surface area contributed by atoms with Crippen LogP contribution in [0.5, 0.6) is 0 Å². The molecule has 14 heavy (non-hydrogen) atoms. The molecule has 0 unspecified atom stereocenters. The molecule has 1 aliphatic carbocycles. The van der Waals surface area contributed by atoms with E-state index >= 15 is 0 Å². The van der Waals surface area contributed by atoms with Crippen LogP contribution in [0.2, 0.25) is 0 Å². The maximum atomic E-state index is 11.5. The summed E-state index contributed by atoms with van der Waals surface area (Å²) in [6.07, 6.45) is 5.06. The van der Waals surface area contributed by atoms with Crippen LogP contribution >= 0.6 is 0 Å². The van der Waals surface area contributed by atoms with Crippen molar-refractivity contribution in [2.75, 3.05) is 0 Å². The molecule has 1 aromatic rings. The highest BCUT2D eigenvalue weighted by Gasteiger charge is 2.24. The van der Waals surface area contributed by atoms with Crippen molar-refractivity contribution in [3.05, 3.63) is 17.5 Å². The van der Waals surface area contributed by atoms with Crippen molar-refractivity contribution in [1.29, 1.82) is 0 Å². The minimum Gasteiger partial charge on any atom is -0.352 e. The van der Waals surface area contributed by atoms with E-state index in [9.17, 15) is 4.79 Å². The number of hydrogen-bond donors (Lipinski definition) is 2. The fourth-order valence-electron chi connectivity index (χ4n) is 1.55. The van der Waals surface area contributed by atoms with Gasteiger partial charge in [0, 0.05) is 23.7 Å². The summed E-state index contributed by atoms with van der Waals surface area (Å²) >= 11 is 0. The van der Waals surface area contributed by atoms with Gasteiger partial charge in [0.25, 0.3) is 0 Å². The van der Waals surface area contributed by atoms with Crippen molar-refractivity contribution in [3.8, 4) is 0 Å². The van der Waals surface area contributed by atoms with Crippen molar-refractivity contribution in [3.63, 3.8) is 0 Å². The lowest BCUT2D eigenvalue weighted by molar-refractivity contribution is -0.127. The molecular formula is C10H15N3O. The van der Waals surface area contributed by atoms with Gasteiger partial charge in [-0.1, -0.05) is 6.42 Å². The van der Waals surface area contributed by atoms with E-state index in [0.717, 1.165) is 24.1 Å². The first-order valence-corrected chi connectivity index (χ1v) is 5.04. The van der Waals surface area contributed by atoms with E-state index in [2.05, 4.69) is 15.5 Å². The van der Waals surface area contributed by atoms with Gasteiger partial charge >= 0.3 is 0 Å². The quantitative estimate of drug-likeness (QED) is 0.756. The number of aromatic amines is 1. The third kappa shape index (κ3) is 1.78. The second-order valence-corrected chi connectivity index (χ2v) is 3.87. The monoisotopic (exact) mass is 193 g/mol. The van der Waals surface area contributed by atoms with Gasteiger partial charge in [-0.3, -0.25) is 9.89 Å². The summed E-state index contributed by atoms with van der Waals surface area (Å²) < 4.78 is 0. The summed E-state index contributed by atoms with van der Waals surface area (Å²) in [5.41, 5.74) is 2.09. The highest BCUT2D eigenvalue weighted by molar-refractivity contribution is 5.79. The lowest BCUT2D eigenvalue weighted by Gasteiger charge is -2.23. The summed E-state index contributed by atoms with van der Waals surface area (Å²) in [5.74, 6) is 0.457. The van der Waals surface area contributed by atoms with Crippen LogP contribution in [0, 0.1) is 12.8 Å². The zero-order valence-corrected chi connectivity index (χ0v) is 8.34. The molecule has 1 aromatic heterocycles. The smallest absolute Gasteiger partial charge is 0.223 e. The molecule has 1 amide bonds. The second kappa shape index (κ2) is 3.82. The zero-order valence-electron chi connectivity index (χ0n) is 8.34. The number of aromatic nitrogens is 2. The molecule has 1 aliphatic rings. The van der Waals surface area contributed by atoms with Gasteiger partial charge in [0.1, 0.15) is 0 Å². The van der Waals surface area contributed by atoms with Gasteiger partial charge in [0.2, 0.25) is 5.91 Å². The topological polar surface area (TPSA) is 57.8 Å². The largest absolute Gasteiger partial charge is 0.352 e. The van der Waals surface area contributed by atoms with Crippen molar-refractivity contribution >= 4 is 5.91 Å². The normalized spacial score (nSPS) is 16.4. The Morgan fingerprint density at radius 1 is 1.71 bits per heavy atom. The third-order valence-electron chi connectivity index (χ3n) is 2.86. The number of hydrogen-bond acceptors (Lipinski definition) is 2. The third-order valence-corrected chi connectivity index (χ3v) is 2.86. The number of aryl methyl sites for hydroxylation is 1. The van der Waals surface area contributed by atoms with Gasteiger partial charge in [-0.05, 0) is 19.8 Å². The van der Waals surface area contributed by atoms with Crippen LogP contribution in [-0.4, -0.2) is 16.1 Å². The fraction of sp³-hybridized carbons (Fsp3) is 0.600. The molecule has 0 radical (unpaired) electrons. The molecular weight excluding hydrogens is 178 g/mol. The van der Waals surface area contributed by atoms with Crippen molar-refractivity contribution in [1.82, 2.24) is 15.5 Å². The molecule has 1 heterocycles. The van der Waals surface area contributed by atoms with Crippen LogP contribution in [0.1, 0.15) is 30.5 Å². The summed E-state index contributed by atoms with van der Waals surface area (Å²) in [6.45, 7) is 2.55. The van der Waals surface area contributed by atoms with E-state index in [4.69, 9.17) is 0 Å². The zero-order chi connectivity index (χ0) is 9.97.